The van der Waals surface area contributed by atoms with Crippen molar-refractivity contribution in [2.24, 2.45) is 5.84 Å². The van der Waals surface area contributed by atoms with Gasteiger partial charge in [0.2, 0.25) is 0 Å². The summed E-state index contributed by atoms with van der Waals surface area (Å²) in [5.41, 5.74) is 3.16. The average molecular weight is 251 g/mol. The van der Waals surface area contributed by atoms with E-state index in [0.717, 1.165) is 12.1 Å². The topological polar surface area (TPSA) is 67.6 Å². The van der Waals surface area contributed by atoms with Crippen LogP contribution in [0.3, 0.4) is 0 Å². The number of carbonyl (C=O) groups is 1. The van der Waals surface area contributed by atoms with Gasteiger partial charge in [-0.05, 0) is 12.1 Å². The molecule has 100 valence electrons. The smallest absolute Gasteiger partial charge is 0.255 e. The molecular weight excluding hydrogens is 230 g/mol. The Bertz CT molecular complexity index is 357. The molecule has 0 heterocycles. The predicted molar refractivity (Wildman–Crippen MR) is 70.6 cm³/mol. The molecule has 0 saturated carbocycles. The van der Waals surface area contributed by atoms with Crippen LogP contribution < -0.4 is 11.3 Å². The number of ether oxygens (including phenoxy) is 1. The minimum atomic E-state index is -0.378. The van der Waals surface area contributed by atoms with Gasteiger partial charge < -0.3 is 4.74 Å². The van der Waals surface area contributed by atoms with E-state index in [0.29, 0.717) is 13.2 Å². The Hall–Kier alpha value is -1.43. The van der Waals surface area contributed by atoms with Gasteiger partial charge in [0, 0.05) is 13.7 Å². The zero-order valence-electron chi connectivity index (χ0n) is 10.9. The largest absolute Gasteiger partial charge is 0.383 e. The van der Waals surface area contributed by atoms with Crippen molar-refractivity contribution in [2.75, 3.05) is 26.8 Å². The molecule has 0 aliphatic heterocycles. The number of carbonyl (C=O) groups excluding carboxylic acids is 1. The third-order valence-corrected chi connectivity index (χ3v) is 2.86. The number of benzene rings is 1. The van der Waals surface area contributed by atoms with E-state index in [2.05, 4.69) is 5.43 Å². The summed E-state index contributed by atoms with van der Waals surface area (Å²) in [6.07, 6.45) is 0. The third kappa shape index (κ3) is 3.80. The van der Waals surface area contributed by atoms with E-state index < -0.39 is 0 Å². The third-order valence-electron chi connectivity index (χ3n) is 2.86. The van der Waals surface area contributed by atoms with Gasteiger partial charge in [-0.25, -0.2) is 5.84 Å². The summed E-state index contributed by atoms with van der Waals surface area (Å²) < 4.78 is 5.07. The number of nitrogens with one attached hydrogen (secondary N) is 1. The number of hydrogen-bond acceptors (Lipinski definition) is 4. The Morgan fingerprint density at radius 2 is 2.11 bits per heavy atom. The van der Waals surface area contributed by atoms with E-state index >= 15 is 0 Å². The molecular formula is C13H21N3O2. The van der Waals surface area contributed by atoms with Crippen molar-refractivity contribution >= 4 is 5.91 Å². The van der Waals surface area contributed by atoms with Gasteiger partial charge in [0.1, 0.15) is 6.04 Å². The highest BCUT2D eigenvalue weighted by Crippen LogP contribution is 2.20. The Kier molecular flexibility index (Phi) is 6.35. The molecule has 1 rings (SSSR count). The lowest BCUT2D eigenvalue weighted by Crippen LogP contribution is -2.44. The van der Waals surface area contributed by atoms with Crippen LogP contribution in [0.1, 0.15) is 18.5 Å². The summed E-state index contributed by atoms with van der Waals surface area (Å²) in [5, 5.41) is 0. The van der Waals surface area contributed by atoms with Gasteiger partial charge in [0.25, 0.3) is 5.91 Å². The Morgan fingerprint density at radius 3 is 2.61 bits per heavy atom. The molecule has 1 amide bonds. The van der Waals surface area contributed by atoms with E-state index in [4.69, 9.17) is 10.6 Å². The van der Waals surface area contributed by atoms with Crippen LogP contribution in [-0.4, -0.2) is 37.6 Å². The van der Waals surface area contributed by atoms with Gasteiger partial charge in [0.05, 0.1) is 6.61 Å². The highest BCUT2D eigenvalue weighted by Gasteiger charge is 2.25. The van der Waals surface area contributed by atoms with Gasteiger partial charge >= 0.3 is 0 Å². The molecule has 0 radical (unpaired) electrons. The van der Waals surface area contributed by atoms with Gasteiger partial charge in [-0.3, -0.25) is 15.1 Å². The fourth-order valence-electron chi connectivity index (χ4n) is 1.92. The molecule has 0 bridgehead atoms. The van der Waals surface area contributed by atoms with Crippen molar-refractivity contribution < 1.29 is 9.53 Å². The van der Waals surface area contributed by atoms with Crippen LogP contribution in [0.25, 0.3) is 0 Å². The Balaban J connectivity index is 2.93. The molecule has 1 aromatic carbocycles. The van der Waals surface area contributed by atoms with E-state index in [-0.39, 0.29) is 11.9 Å². The van der Waals surface area contributed by atoms with Crippen molar-refractivity contribution in [3.63, 3.8) is 0 Å². The number of methoxy groups -OCH3 is 1. The van der Waals surface area contributed by atoms with Crippen LogP contribution in [0.5, 0.6) is 0 Å². The van der Waals surface area contributed by atoms with Gasteiger partial charge in [-0.15, -0.1) is 0 Å². The second kappa shape index (κ2) is 7.81. The number of hydrazine groups is 1. The first kappa shape index (κ1) is 14.6. The number of hydrogen-bond donors (Lipinski definition) is 2. The molecule has 0 aromatic heterocycles. The fourth-order valence-corrected chi connectivity index (χ4v) is 1.92. The lowest BCUT2D eigenvalue weighted by Gasteiger charge is -2.29. The monoisotopic (exact) mass is 251 g/mol. The van der Waals surface area contributed by atoms with Crippen molar-refractivity contribution in [3.05, 3.63) is 35.9 Å². The second-order valence-corrected chi connectivity index (χ2v) is 3.94. The van der Waals surface area contributed by atoms with E-state index in [1.807, 2.05) is 42.2 Å². The van der Waals surface area contributed by atoms with Gasteiger partial charge in [0.15, 0.2) is 0 Å². The molecule has 0 aliphatic rings. The maximum Gasteiger partial charge on any atom is 0.255 e. The number of nitrogens with two attached hydrogens (primary N) is 1. The van der Waals surface area contributed by atoms with Crippen LogP contribution in [-0.2, 0) is 9.53 Å². The lowest BCUT2D eigenvalue weighted by molar-refractivity contribution is -0.127. The SMILES string of the molecule is CCN(CCOC)C(C(=O)NN)c1ccccc1. The number of amides is 1. The average Bonchev–Trinajstić information content (AvgIpc) is 2.43. The lowest BCUT2D eigenvalue weighted by atomic mass is 10.0. The first-order chi connectivity index (χ1) is 8.74. The molecule has 1 atom stereocenters. The summed E-state index contributed by atoms with van der Waals surface area (Å²) in [5.74, 6) is 5.06. The summed E-state index contributed by atoms with van der Waals surface area (Å²) in [7, 11) is 1.65. The minimum Gasteiger partial charge on any atom is -0.383 e. The van der Waals surface area contributed by atoms with Crippen molar-refractivity contribution in [2.45, 2.75) is 13.0 Å². The van der Waals surface area contributed by atoms with Gasteiger partial charge in [-0.2, -0.15) is 0 Å². The number of nitrogens with zero attached hydrogens (tertiary/aromatic N) is 1. The molecule has 1 unspecified atom stereocenters. The summed E-state index contributed by atoms with van der Waals surface area (Å²) in [4.78, 5) is 14.0. The maximum atomic E-state index is 12.0. The normalized spacial score (nSPS) is 12.4. The minimum absolute atomic E-state index is 0.209. The van der Waals surface area contributed by atoms with Gasteiger partial charge in [-0.1, -0.05) is 37.3 Å². The molecule has 18 heavy (non-hydrogen) atoms. The molecule has 5 nitrogen and oxygen atoms in total. The van der Waals surface area contributed by atoms with E-state index in [9.17, 15) is 4.79 Å². The quantitative estimate of drug-likeness (QED) is 0.425. The second-order valence-electron chi connectivity index (χ2n) is 3.94. The Labute approximate surface area is 108 Å². The van der Waals surface area contributed by atoms with Crippen LogP contribution in [0.2, 0.25) is 0 Å². The standard InChI is InChI=1S/C13H21N3O2/c1-3-16(9-10-18-2)12(13(17)15-14)11-7-5-4-6-8-11/h4-8,12H,3,9-10,14H2,1-2H3,(H,15,17). The molecule has 0 fully saturated rings. The molecule has 3 N–H and O–H groups in total. The van der Waals surface area contributed by atoms with Crippen LogP contribution in [0.4, 0.5) is 0 Å². The zero-order valence-corrected chi connectivity index (χ0v) is 10.9. The van der Waals surface area contributed by atoms with Crippen molar-refractivity contribution in [1.29, 1.82) is 0 Å². The van der Waals surface area contributed by atoms with Crippen LogP contribution in [0, 0.1) is 0 Å². The zero-order chi connectivity index (χ0) is 13.4. The number of likely N-dealkylation sites (N-methyl/N-ethyl adjacent to an activating group) is 1. The van der Waals surface area contributed by atoms with Crippen LogP contribution in [0.15, 0.2) is 30.3 Å². The van der Waals surface area contributed by atoms with E-state index in [1.54, 1.807) is 7.11 Å². The Morgan fingerprint density at radius 1 is 1.44 bits per heavy atom. The first-order valence-corrected chi connectivity index (χ1v) is 6.03. The molecule has 5 heteroatoms. The van der Waals surface area contributed by atoms with E-state index in [1.165, 1.54) is 0 Å². The summed E-state index contributed by atoms with van der Waals surface area (Å²) in [6.45, 7) is 4.01. The van der Waals surface area contributed by atoms with Crippen LogP contribution >= 0.6 is 0 Å². The summed E-state index contributed by atoms with van der Waals surface area (Å²) >= 11 is 0. The molecule has 0 aliphatic carbocycles. The maximum absolute atomic E-state index is 12.0. The highest BCUT2D eigenvalue weighted by atomic mass is 16.5. The fraction of sp³-hybridized carbons (Fsp3) is 0.462. The molecule has 0 saturated heterocycles. The molecule has 0 spiro atoms. The predicted octanol–water partition coefficient (Wildman–Crippen LogP) is 0.686. The molecule has 1 aromatic rings. The first-order valence-electron chi connectivity index (χ1n) is 6.03. The summed E-state index contributed by atoms with van der Waals surface area (Å²) in [6, 6.07) is 9.22. The van der Waals surface area contributed by atoms with Crippen molar-refractivity contribution in [1.82, 2.24) is 10.3 Å². The number of rotatable bonds is 7. The van der Waals surface area contributed by atoms with Crippen molar-refractivity contribution in [3.8, 4) is 0 Å². The highest BCUT2D eigenvalue weighted by molar-refractivity contribution is 5.82.